The first-order valence-corrected chi connectivity index (χ1v) is 40.5. The van der Waals surface area contributed by atoms with Crippen molar-refractivity contribution in [3.05, 3.63) is 464 Å². The molecule has 2 atom stereocenters. The minimum absolute atomic E-state index is 0.260. The number of rotatable bonds is 10. The average molecular weight is 1490 g/mol. The summed E-state index contributed by atoms with van der Waals surface area (Å²) in [6.07, 6.45) is 2.95. The Morgan fingerprint density at radius 1 is 0.211 bits per heavy atom. The number of benzene rings is 14. The van der Waals surface area contributed by atoms with Crippen LogP contribution in [-0.2, 0) is 0 Å². The van der Waals surface area contributed by atoms with E-state index in [0.29, 0.717) is 24.0 Å². The highest BCUT2D eigenvalue weighted by Gasteiger charge is 2.33. The second kappa shape index (κ2) is 37.7. The number of carbonyl (C=O) groups excluding carboxylic acids is 2. The van der Waals surface area contributed by atoms with Gasteiger partial charge in [0.05, 0.1) is 0 Å². The van der Waals surface area contributed by atoms with Gasteiger partial charge in [-0.15, -0.1) is 0 Å². The molecule has 6 heteroatoms. The molecule has 1 fully saturated rings. The number of nitrogens with one attached hydrogen (secondary N) is 2. The minimum atomic E-state index is -1.64. The summed E-state index contributed by atoms with van der Waals surface area (Å²) in [6.45, 7) is 0. The summed E-state index contributed by atoms with van der Waals surface area (Å²) in [6, 6.07) is 120. The summed E-state index contributed by atoms with van der Waals surface area (Å²) >= 11 is 0. The molecule has 0 spiro atoms. The second-order valence-corrected chi connectivity index (χ2v) is 31.5. The van der Waals surface area contributed by atoms with E-state index in [1.165, 1.54) is 0 Å². The van der Waals surface area contributed by atoms with Gasteiger partial charge < -0.3 is 10.6 Å². The first-order chi connectivity index (χ1) is 56.3. The molecule has 14 aromatic rings. The Bertz CT molecular complexity index is 5370. The van der Waals surface area contributed by atoms with Crippen LogP contribution in [0.15, 0.2) is 364 Å². The predicted molar refractivity (Wildman–Crippen MR) is 471 cm³/mol. The fourth-order valence-electron chi connectivity index (χ4n) is 13.4. The number of hydrogen-bond donors (Lipinski definition) is 2. The molecular weight excluding hydrogens is 1420 g/mol. The molecule has 0 aliphatic heterocycles. The summed E-state index contributed by atoms with van der Waals surface area (Å²) in [5.74, 6) is 54.9. The SMILES string of the molecule is O=C(NC1CCCCC1NC(=O)c1ccccc1P(c1cc(C#Cc2ccccc2)cc(C#Cc2ccccc2)c1)c1cc(C#Cc2ccccc2)cc(C#Cc2ccccc2)c1)c1ccccc1P(c1cc(C#Cc2ccccc2)cc(C#Cc2ccccc2)c1)c1cc(C#Cc2ccccc2)cc(C#Cc2ccccc2)c1. The Labute approximate surface area is 671 Å². The first kappa shape index (κ1) is 74.8. The summed E-state index contributed by atoms with van der Waals surface area (Å²) < 4.78 is 0. The van der Waals surface area contributed by atoms with Crippen molar-refractivity contribution in [3.8, 4) is 94.7 Å². The molecule has 0 aromatic heterocycles. The molecule has 4 nitrogen and oxygen atoms in total. The number of hydrogen-bond acceptors (Lipinski definition) is 2. The normalized spacial score (nSPS) is 12.3. The average Bonchev–Trinajstić information content (AvgIpc) is 0.778. The van der Waals surface area contributed by atoms with E-state index >= 15 is 9.59 Å². The van der Waals surface area contributed by atoms with E-state index < -0.39 is 27.9 Å². The zero-order chi connectivity index (χ0) is 77.3. The van der Waals surface area contributed by atoms with Crippen molar-refractivity contribution in [1.29, 1.82) is 0 Å². The third-order valence-electron chi connectivity index (χ3n) is 18.9. The van der Waals surface area contributed by atoms with Gasteiger partial charge in [0.1, 0.15) is 0 Å². The van der Waals surface area contributed by atoms with E-state index in [-0.39, 0.29) is 11.8 Å². The van der Waals surface area contributed by atoms with Crippen LogP contribution in [0.1, 0.15) is 135 Å². The maximum absolute atomic E-state index is 16.0. The van der Waals surface area contributed by atoms with Crippen LogP contribution in [0.25, 0.3) is 0 Å². The van der Waals surface area contributed by atoms with E-state index in [1.54, 1.807) is 0 Å². The summed E-state index contributed by atoms with van der Waals surface area (Å²) in [4.78, 5) is 32.1. The smallest absolute Gasteiger partial charge is 0.252 e. The van der Waals surface area contributed by atoms with Crippen molar-refractivity contribution < 1.29 is 9.59 Å². The van der Waals surface area contributed by atoms with Crippen LogP contribution in [-0.4, -0.2) is 23.9 Å². The Morgan fingerprint density at radius 3 is 0.570 bits per heavy atom. The maximum atomic E-state index is 16.0. The van der Waals surface area contributed by atoms with Gasteiger partial charge >= 0.3 is 0 Å². The van der Waals surface area contributed by atoms with Crippen LogP contribution in [0.4, 0.5) is 0 Å². The fourth-order valence-corrected chi connectivity index (χ4v) is 18.6. The summed E-state index contributed by atoms with van der Waals surface area (Å²) in [5.41, 5.74) is 14.1. The van der Waals surface area contributed by atoms with Gasteiger partial charge in [0.25, 0.3) is 11.8 Å². The molecule has 14 aromatic carbocycles. The van der Waals surface area contributed by atoms with Crippen LogP contribution in [0.5, 0.6) is 0 Å². The van der Waals surface area contributed by atoms with E-state index in [9.17, 15) is 0 Å². The third kappa shape index (κ3) is 20.4. The molecule has 0 saturated heterocycles. The van der Waals surface area contributed by atoms with Crippen molar-refractivity contribution in [2.24, 2.45) is 0 Å². The van der Waals surface area contributed by atoms with E-state index in [4.69, 9.17) is 0 Å². The van der Waals surface area contributed by atoms with Gasteiger partial charge in [0.2, 0.25) is 0 Å². The molecule has 0 radical (unpaired) electrons. The molecule has 2 unspecified atom stereocenters. The lowest BCUT2D eigenvalue weighted by Gasteiger charge is -2.33. The zero-order valence-electron chi connectivity index (χ0n) is 62.3. The van der Waals surface area contributed by atoms with Crippen LogP contribution in [0, 0.1) is 94.7 Å². The lowest BCUT2D eigenvalue weighted by molar-refractivity contribution is 0.0864. The molecule has 15 rings (SSSR count). The zero-order valence-corrected chi connectivity index (χ0v) is 64.1. The van der Waals surface area contributed by atoms with Crippen molar-refractivity contribution in [1.82, 2.24) is 10.6 Å². The minimum Gasteiger partial charge on any atom is -0.347 e. The molecule has 1 aliphatic carbocycles. The standard InChI is InChI=1S/C108H72N2O2P2/c111-107(101-47-25-29-51-105(101)113(97-73-89(61-53-81-31-9-1-10-32-81)69-90(74-97)62-54-82-33-11-2-12-34-82)98-75-91(63-55-83-35-13-3-14-36-83)70-92(76-98)64-56-84-37-15-4-16-38-84)109-103-49-27-28-50-104(103)110-108(112)102-48-26-30-52-106(102)114(99-77-93(65-57-85-39-17-5-18-40-85)71-94(78-99)66-58-86-41-19-6-20-42-86)100-79-95(67-59-87-43-21-7-22-44-87)72-96(80-100)68-60-88-45-23-8-24-46-88/h1-26,29-48,51-52,69-80,103-104H,27-28,49-50H2,(H,109,111)(H,110,112). The summed E-state index contributed by atoms with van der Waals surface area (Å²) in [7, 11) is -3.28. The molecule has 1 saturated carbocycles. The molecule has 0 heterocycles. The van der Waals surface area contributed by atoms with Crippen LogP contribution in [0.2, 0.25) is 0 Å². The Hall–Kier alpha value is -14.6. The second-order valence-electron chi connectivity index (χ2n) is 27.2. The topological polar surface area (TPSA) is 58.2 Å². The molecule has 114 heavy (non-hydrogen) atoms. The molecule has 1 aliphatic rings. The third-order valence-corrected chi connectivity index (χ3v) is 23.7. The highest BCUT2D eigenvalue weighted by Crippen LogP contribution is 2.38. The lowest BCUT2D eigenvalue weighted by Crippen LogP contribution is -2.54. The van der Waals surface area contributed by atoms with Crippen LogP contribution >= 0.6 is 15.8 Å². The largest absolute Gasteiger partial charge is 0.347 e. The molecule has 0 bridgehead atoms. The first-order valence-electron chi connectivity index (χ1n) is 37.8. The predicted octanol–water partition coefficient (Wildman–Crippen LogP) is 17.9. The molecular formula is C108H72N2O2P2. The molecule has 2 N–H and O–H groups in total. The van der Waals surface area contributed by atoms with Gasteiger partial charge in [-0.05, 0) is 243 Å². The lowest BCUT2D eigenvalue weighted by atomic mass is 9.89. The fraction of sp³-hybridized carbons (Fsp3) is 0.0556. The van der Waals surface area contributed by atoms with Crippen LogP contribution in [0.3, 0.4) is 0 Å². The highest BCUT2D eigenvalue weighted by molar-refractivity contribution is 7.80. The van der Waals surface area contributed by atoms with Crippen molar-refractivity contribution in [2.75, 3.05) is 0 Å². The van der Waals surface area contributed by atoms with Gasteiger partial charge in [-0.25, -0.2) is 0 Å². The van der Waals surface area contributed by atoms with E-state index in [2.05, 4.69) is 166 Å². The monoisotopic (exact) mass is 1490 g/mol. The quantitative estimate of drug-likeness (QED) is 0.106. The van der Waals surface area contributed by atoms with Gasteiger partial charge in [-0.1, -0.05) is 290 Å². The Balaban J connectivity index is 0.834. The van der Waals surface area contributed by atoms with E-state index in [0.717, 1.165) is 134 Å². The molecule has 2 amide bonds. The number of carbonyl (C=O) groups is 2. The van der Waals surface area contributed by atoms with Crippen LogP contribution < -0.4 is 42.5 Å². The van der Waals surface area contributed by atoms with Crippen molar-refractivity contribution in [3.63, 3.8) is 0 Å². The Kier molecular flexibility index (Phi) is 24.7. The van der Waals surface area contributed by atoms with Gasteiger partial charge in [-0.3, -0.25) is 9.59 Å². The van der Waals surface area contributed by atoms with Gasteiger partial charge in [0, 0.05) is 112 Å². The van der Waals surface area contributed by atoms with Gasteiger partial charge in [0.15, 0.2) is 0 Å². The van der Waals surface area contributed by atoms with E-state index in [1.807, 2.05) is 303 Å². The van der Waals surface area contributed by atoms with Gasteiger partial charge in [-0.2, -0.15) is 0 Å². The van der Waals surface area contributed by atoms with Crippen molar-refractivity contribution in [2.45, 2.75) is 37.8 Å². The highest BCUT2D eigenvalue weighted by atomic mass is 31.1. The number of amides is 2. The summed E-state index contributed by atoms with van der Waals surface area (Å²) in [5, 5.41) is 12.4. The Morgan fingerprint density at radius 2 is 0.377 bits per heavy atom. The van der Waals surface area contributed by atoms with Crippen molar-refractivity contribution >= 4 is 59.5 Å². The maximum Gasteiger partial charge on any atom is 0.252 e. The molecule has 536 valence electrons.